The maximum absolute atomic E-state index is 12.0. The van der Waals surface area contributed by atoms with E-state index in [1.54, 1.807) is 4.90 Å². The first-order valence-corrected chi connectivity index (χ1v) is 7.61. The van der Waals surface area contributed by atoms with Crippen LogP contribution in [-0.4, -0.2) is 43.7 Å². The summed E-state index contributed by atoms with van der Waals surface area (Å²) in [6.45, 7) is 2.60. The average molecular weight is 290 g/mol. The number of fused-ring (bicyclic) bond motifs is 1. The Bertz CT molecular complexity index is 512. The van der Waals surface area contributed by atoms with Crippen molar-refractivity contribution < 1.29 is 14.3 Å². The summed E-state index contributed by atoms with van der Waals surface area (Å²) in [5, 5.41) is 0. The van der Waals surface area contributed by atoms with Gasteiger partial charge in [-0.15, -0.1) is 0 Å². The lowest BCUT2D eigenvalue weighted by atomic mass is 9.88. The number of aryl methyl sites for hydroxylation is 1. The molecule has 21 heavy (non-hydrogen) atoms. The molecule has 1 amide bonds. The van der Waals surface area contributed by atoms with E-state index < -0.39 is 0 Å². The first-order valence-electron chi connectivity index (χ1n) is 7.61. The molecule has 0 bridgehead atoms. The number of hydrogen-bond acceptors (Lipinski definition) is 4. The third-order valence-corrected chi connectivity index (χ3v) is 4.20. The van der Waals surface area contributed by atoms with Gasteiger partial charge < -0.3 is 20.1 Å². The molecule has 2 aliphatic rings. The number of carbonyl (C=O) groups excluding carboxylic acids is 1. The number of ether oxygens (including phenoxy) is 2. The minimum atomic E-state index is 0.0142. The summed E-state index contributed by atoms with van der Waals surface area (Å²) in [6, 6.07) is 6.09. The van der Waals surface area contributed by atoms with E-state index in [4.69, 9.17) is 15.2 Å². The zero-order chi connectivity index (χ0) is 14.7. The molecule has 0 unspecified atom stereocenters. The standard InChI is InChI=1S/C16H22N2O3/c17-15-3-1-2-12-4-5-13(10-14(12)15)21-11-16(19)18-6-8-20-9-7-18/h4-5,10,15H,1-3,6-9,11,17H2/t15-/m1/s1. The van der Waals surface area contributed by atoms with Crippen LogP contribution in [0.3, 0.4) is 0 Å². The average Bonchev–Trinajstić information content (AvgIpc) is 2.54. The first-order chi connectivity index (χ1) is 10.2. The molecule has 1 saturated heterocycles. The van der Waals surface area contributed by atoms with Crippen molar-refractivity contribution in [3.8, 4) is 5.75 Å². The Balaban J connectivity index is 1.60. The molecule has 0 aromatic heterocycles. The van der Waals surface area contributed by atoms with Gasteiger partial charge in [-0.05, 0) is 42.5 Å². The van der Waals surface area contributed by atoms with Gasteiger partial charge in [0.25, 0.3) is 5.91 Å². The zero-order valence-corrected chi connectivity index (χ0v) is 12.2. The number of carbonyl (C=O) groups is 1. The molecule has 5 heteroatoms. The number of amides is 1. The Morgan fingerprint density at radius 1 is 1.38 bits per heavy atom. The topological polar surface area (TPSA) is 64.8 Å². The Kier molecular flexibility index (Phi) is 4.41. The van der Waals surface area contributed by atoms with Crippen LogP contribution in [0.1, 0.15) is 30.0 Å². The molecular formula is C16H22N2O3. The van der Waals surface area contributed by atoms with Gasteiger partial charge in [0.05, 0.1) is 13.2 Å². The molecule has 5 nitrogen and oxygen atoms in total. The van der Waals surface area contributed by atoms with Crippen LogP contribution in [0.25, 0.3) is 0 Å². The smallest absolute Gasteiger partial charge is 0.260 e. The van der Waals surface area contributed by atoms with Gasteiger partial charge in [0.2, 0.25) is 0 Å². The van der Waals surface area contributed by atoms with E-state index in [2.05, 4.69) is 6.07 Å². The van der Waals surface area contributed by atoms with Crippen LogP contribution in [-0.2, 0) is 16.0 Å². The minimum absolute atomic E-state index is 0.0142. The van der Waals surface area contributed by atoms with E-state index in [0.717, 1.165) is 30.6 Å². The lowest BCUT2D eigenvalue weighted by Crippen LogP contribution is -2.43. The third kappa shape index (κ3) is 3.36. The number of hydrogen-bond donors (Lipinski definition) is 1. The van der Waals surface area contributed by atoms with E-state index in [9.17, 15) is 4.79 Å². The maximum atomic E-state index is 12.0. The quantitative estimate of drug-likeness (QED) is 0.910. The zero-order valence-electron chi connectivity index (χ0n) is 12.2. The van der Waals surface area contributed by atoms with Crippen LogP contribution in [0.15, 0.2) is 18.2 Å². The Morgan fingerprint density at radius 3 is 3.00 bits per heavy atom. The highest BCUT2D eigenvalue weighted by molar-refractivity contribution is 5.77. The van der Waals surface area contributed by atoms with Crippen molar-refractivity contribution >= 4 is 5.91 Å². The number of nitrogens with two attached hydrogens (primary N) is 1. The van der Waals surface area contributed by atoms with Crippen LogP contribution in [0.2, 0.25) is 0 Å². The van der Waals surface area contributed by atoms with Gasteiger partial charge in [-0.1, -0.05) is 6.07 Å². The van der Waals surface area contributed by atoms with Gasteiger partial charge in [0, 0.05) is 19.1 Å². The summed E-state index contributed by atoms with van der Waals surface area (Å²) in [4.78, 5) is 13.8. The molecule has 1 fully saturated rings. The van der Waals surface area contributed by atoms with Crippen LogP contribution >= 0.6 is 0 Å². The molecule has 0 radical (unpaired) electrons. The third-order valence-electron chi connectivity index (χ3n) is 4.20. The summed E-state index contributed by atoms with van der Waals surface area (Å²) in [7, 11) is 0. The number of morpholine rings is 1. The van der Waals surface area contributed by atoms with E-state index in [1.807, 2.05) is 12.1 Å². The summed E-state index contributed by atoms with van der Waals surface area (Å²) < 4.78 is 10.9. The van der Waals surface area contributed by atoms with Gasteiger partial charge in [-0.2, -0.15) is 0 Å². The molecule has 1 aromatic carbocycles. The predicted octanol–water partition coefficient (Wildman–Crippen LogP) is 1.26. The van der Waals surface area contributed by atoms with Gasteiger partial charge >= 0.3 is 0 Å². The molecule has 1 aliphatic carbocycles. The minimum Gasteiger partial charge on any atom is -0.484 e. The molecule has 1 aromatic rings. The van der Waals surface area contributed by atoms with Gasteiger partial charge in [-0.3, -0.25) is 4.79 Å². The molecular weight excluding hydrogens is 268 g/mol. The van der Waals surface area contributed by atoms with Crippen LogP contribution in [0, 0.1) is 0 Å². The van der Waals surface area contributed by atoms with Crippen molar-refractivity contribution in [1.82, 2.24) is 4.90 Å². The number of rotatable bonds is 3. The lowest BCUT2D eigenvalue weighted by molar-refractivity contribution is -0.137. The Hall–Kier alpha value is -1.59. The molecule has 1 heterocycles. The van der Waals surface area contributed by atoms with Crippen LogP contribution in [0.4, 0.5) is 0 Å². The maximum Gasteiger partial charge on any atom is 0.260 e. The summed E-state index contributed by atoms with van der Waals surface area (Å²) >= 11 is 0. The largest absolute Gasteiger partial charge is 0.484 e. The lowest BCUT2D eigenvalue weighted by Gasteiger charge is -2.27. The van der Waals surface area contributed by atoms with Crippen molar-refractivity contribution in [2.75, 3.05) is 32.9 Å². The predicted molar refractivity (Wildman–Crippen MR) is 79.2 cm³/mol. The van der Waals surface area contributed by atoms with Crippen molar-refractivity contribution in [1.29, 1.82) is 0 Å². The van der Waals surface area contributed by atoms with E-state index in [1.165, 1.54) is 5.56 Å². The Morgan fingerprint density at radius 2 is 2.19 bits per heavy atom. The summed E-state index contributed by atoms with van der Waals surface area (Å²) in [5.41, 5.74) is 8.61. The molecule has 114 valence electrons. The van der Waals surface area contributed by atoms with Crippen molar-refractivity contribution in [3.63, 3.8) is 0 Å². The van der Waals surface area contributed by atoms with Crippen LogP contribution < -0.4 is 10.5 Å². The van der Waals surface area contributed by atoms with Gasteiger partial charge in [-0.25, -0.2) is 0 Å². The van der Waals surface area contributed by atoms with Crippen molar-refractivity contribution in [2.45, 2.75) is 25.3 Å². The molecule has 0 spiro atoms. The highest BCUT2D eigenvalue weighted by Gasteiger charge is 2.19. The molecule has 0 saturated carbocycles. The fourth-order valence-electron chi connectivity index (χ4n) is 2.95. The Labute approximate surface area is 125 Å². The first kappa shape index (κ1) is 14.4. The van der Waals surface area contributed by atoms with Gasteiger partial charge in [0.1, 0.15) is 5.75 Å². The normalized spacial score (nSPS) is 21.8. The van der Waals surface area contributed by atoms with Crippen LogP contribution in [0.5, 0.6) is 5.75 Å². The molecule has 1 aliphatic heterocycles. The molecule has 1 atom stereocenters. The highest BCUT2D eigenvalue weighted by Crippen LogP contribution is 2.30. The number of benzene rings is 1. The fourth-order valence-corrected chi connectivity index (χ4v) is 2.95. The molecule has 2 N–H and O–H groups in total. The van der Waals surface area contributed by atoms with Crippen molar-refractivity contribution in [2.24, 2.45) is 5.73 Å². The highest BCUT2D eigenvalue weighted by atomic mass is 16.5. The van der Waals surface area contributed by atoms with Gasteiger partial charge in [0.15, 0.2) is 6.61 Å². The SMILES string of the molecule is N[C@@H]1CCCc2ccc(OCC(=O)N3CCOCC3)cc21. The molecule has 3 rings (SSSR count). The second-order valence-corrected chi connectivity index (χ2v) is 5.64. The summed E-state index contributed by atoms with van der Waals surface area (Å²) in [6.07, 6.45) is 3.24. The monoisotopic (exact) mass is 290 g/mol. The van der Waals surface area contributed by atoms with E-state index >= 15 is 0 Å². The number of nitrogens with zero attached hydrogens (tertiary/aromatic N) is 1. The second-order valence-electron chi connectivity index (χ2n) is 5.64. The second kappa shape index (κ2) is 6.45. The van der Waals surface area contributed by atoms with E-state index in [-0.39, 0.29) is 18.6 Å². The summed E-state index contributed by atoms with van der Waals surface area (Å²) in [5.74, 6) is 0.744. The fraction of sp³-hybridized carbons (Fsp3) is 0.562. The van der Waals surface area contributed by atoms with Crippen molar-refractivity contribution in [3.05, 3.63) is 29.3 Å². The van der Waals surface area contributed by atoms with E-state index in [0.29, 0.717) is 26.3 Å².